The van der Waals surface area contributed by atoms with Crippen molar-refractivity contribution in [3.63, 3.8) is 0 Å². The van der Waals surface area contributed by atoms with Gasteiger partial charge in [-0.15, -0.1) is 11.8 Å². The maximum atomic E-state index is 13.8. The van der Waals surface area contributed by atoms with E-state index in [0.717, 1.165) is 16.0 Å². The van der Waals surface area contributed by atoms with Crippen molar-refractivity contribution in [3.05, 3.63) is 94.3 Å². The van der Waals surface area contributed by atoms with Crippen LogP contribution in [-0.2, 0) is 16.1 Å². The molecule has 7 nitrogen and oxygen atoms in total. The number of anilines is 1. The molecule has 1 aliphatic rings. The Kier molecular flexibility index (Phi) is 9.05. The van der Waals surface area contributed by atoms with Crippen LogP contribution in [0.2, 0.25) is 5.02 Å². The third kappa shape index (κ3) is 7.55. The van der Waals surface area contributed by atoms with E-state index < -0.39 is 17.7 Å². The predicted octanol–water partition coefficient (Wildman–Crippen LogP) is 6.50. The summed E-state index contributed by atoms with van der Waals surface area (Å²) < 4.78 is 18.7. The molecule has 0 saturated heterocycles. The Labute approximate surface area is 242 Å². The van der Waals surface area contributed by atoms with Crippen molar-refractivity contribution < 1.29 is 23.5 Å². The van der Waals surface area contributed by atoms with Crippen LogP contribution in [0.5, 0.6) is 0 Å². The van der Waals surface area contributed by atoms with Gasteiger partial charge in [-0.1, -0.05) is 35.9 Å². The average molecular weight is 584 g/mol. The predicted molar refractivity (Wildman–Crippen MR) is 155 cm³/mol. The number of nitrogens with one attached hydrogen (secondary N) is 2. The van der Waals surface area contributed by atoms with Crippen LogP contribution in [0, 0.1) is 5.82 Å². The Morgan fingerprint density at radius 1 is 1.10 bits per heavy atom. The van der Waals surface area contributed by atoms with Crippen LogP contribution in [0.25, 0.3) is 0 Å². The van der Waals surface area contributed by atoms with Gasteiger partial charge in [-0.2, -0.15) is 0 Å². The molecule has 4 rings (SSSR count). The molecule has 1 heterocycles. The van der Waals surface area contributed by atoms with Crippen molar-refractivity contribution in [1.82, 2.24) is 10.6 Å². The summed E-state index contributed by atoms with van der Waals surface area (Å²) in [7, 11) is 0. The van der Waals surface area contributed by atoms with E-state index in [4.69, 9.17) is 16.3 Å². The van der Waals surface area contributed by atoms with Gasteiger partial charge >= 0.3 is 6.09 Å². The SMILES string of the molecule is CC(NC(=O)c1ccc2c(c1)N(Cc1ccc(Cl)cc1)C(=O)[C@@H](NC(=O)OC(C)(C)C)CS2)c1ccc(F)cc1. The minimum absolute atomic E-state index is 0.202. The molecule has 0 fully saturated rings. The van der Waals surface area contributed by atoms with Crippen molar-refractivity contribution in [2.75, 3.05) is 10.7 Å². The maximum absolute atomic E-state index is 13.8. The van der Waals surface area contributed by atoms with Gasteiger partial charge in [0.05, 0.1) is 18.3 Å². The summed E-state index contributed by atoms with van der Waals surface area (Å²) in [5.74, 6) is -0.731. The molecule has 1 unspecified atom stereocenters. The monoisotopic (exact) mass is 583 g/mol. The molecular formula is C30H31ClFN3O4S. The molecule has 40 heavy (non-hydrogen) atoms. The largest absolute Gasteiger partial charge is 0.444 e. The van der Waals surface area contributed by atoms with Gasteiger partial charge in [0.2, 0.25) is 0 Å². The van der Waals surface area contributed by atoms with E-state index in [1.165, 1.54) is 23.9 Å². The second-order valence-electron chi connectivity index (χ2n) is 10.5. The summed E-state index contributed by atoms with van der Waals surface area (Å²) in [6, 6.07) is 17.0. The first-order valence-corrected chi connectivity index (χ1v) is 14.1. The molecular weight excluding hydrogens is 553 g/mol. The minimum atomic E-state index is -0.852. The molecule has 210 valence electrons. The number of carbonyl (C=O) groups excluding carboxylic acids is 3. The highest BCUT2D eigenvalue weighted by atomic mass is 35.5. The van der Waals surface area contributed by atoms with Crippen molar-refractivity contribution in [2.24, 2.45) is 0 Å². The summed E-state index contributed by atoms with van der Waals surface area (Å²) in [4.78, 5) is 41.9. The van der Waals surface area contributed by atoms with E-state index in [0.29, 0.717) is 16.3 Å². The third-order valence-corrected chi connectivity index (χ3v) is 7.55. The average Bonchev–Trinajstić information content (AvgIpc) is 3.01. The number of alkyl carbamates (subject to hydrolysis) is 1. The van der Waals surface area contributed by atoms with Gasteiger partial charge < -0.3 is 20.3 Å². The molecule has 1 aliphatic heterocycles. The van der Waals surface area contributed by atoms with Gasteiger partial charge in [-0.25, -0.2) is 9.18 Å². The van der Waals surface area contributed by atoms with Crippen LogP contribution >= 0.6 is 23.4 Å². The summed E-state index contributed by atoms with van der Waals surface area (Å²) in [6.45, 7) is 7.27. The first-order chi connectivity index (χ1) is 18.9. The first-order valence-electron chi connectivity index (χ1n) is 12.8. The summed E-state index contributed by atoms with van der Waals surface area (Å²) in [6.07, 6.45) is -0.682. The summed E-state index contributed by atoms with van der Waals surface area (Å²) in [5.41, 5.74) is 1.79. The number of ether oxygens (including phenoxy) is 1. The zero-order chi connectivity index (χ0) is 29.0. The van der Waals surface area contributed by atoms with Gasteiger partial charge in [-0.05, 0) is 81.3 Å². The smallest absolute Gasteiger partial charge is 0.408 e. The summed E-state index contributed by atoms with van der Waals surface area (Å²) in [5, 5.41) is 6.21. The molecule has 0 aliphatic carbocycles. The summed E-state index contributed by atoms with van der Waals surface area (Å²) >= 11 is 7.47. The van der Waals surface area contributed by atoms with Gasteiger partial charge in [0, 0.05) is 21.2 Å². The highest BCUT2D eigenvalue weighted by Gasteiger charge is 2.33. The minimum Gasteiger partial charge on any atom is -0.444 e. The van der Waals surface area contributed by atoms with Crippen LogP contribution in [0.15, 0.2) is 71.6 Å². The Bertz CT molecular complexity index is 1390. The number of hydrogen-bond acceptors (Lipinski definition) is 5. The van der Waals surface area contributed by atoms with Gasteiger partial charge in [-0.3, -0.25) is 9.59 Å². The topological polar surface area (TPSA) is 87.7 Å². The zero-order valence-electron chi connectivity index (χ0n) is 22.7. The number of carbonyl (C=O) groups is 3. The maximum Gasteiger partial charge on any atom is 0.408 e. The fourth-order valence-electron chi connectivity index (χ4n) is 4.15. The molecule has 3 aromatic carbocycles. The van der Waals surface area contributed by atoms with Gasteiger partial charge in [0.15, 0.2) is 0 Å². The lowest BCUT2D eigenvalue weighted by Gasteiger charge is -2.27. The number of benzene rings is 3. The van der Waals surface area contributed by atoms with Crippen molar-refractivity contribution >= 4 is 47.0 Å². The molecule has 2 N–H and O–H groups in total. The molecule has 0 radical (unpaired) electrons. The number of nitrogens with zero attached hydrogens (tertiary/aromatic N) is 1. The van der Waals surface area contributed by atoms with Crippen LogP contribution < -0.4 is 15.5 Å². The van der Waals surface area contributed by atoms with Crippen LogP contribution in [0.3, 0.4) is 0 Å². The Hall–Kier alpha value is -3.56. The lowest BCUT2D eigenvalue weighted by Crippen LogP contribution is -2.50. The van der Waals surface area contributed by atoms with Crippen molar-refractivity contribution in [1.29, 1.82) is 0 Å². The highest BCUT2D eigenvalue weighted by Crippen LogP contribution is 2.36. The fourth-order valence-corrected chi connectivity index (χ4v) is 5.33. The molecule has 0 bridgehead atoms. The van der Waals surface area contributed by atoms with Crippen LogP contribution in [0.4, 0.5) is 14.9 Å². The number of rotatable bonds is 6. The molecule has 2 atom stereocenters. The highest BCUT2D eigenvalue weighted by molar-refractivity contribution is 7.99. The molecule has 0 saturated carbocycles. The Morgan fingerprint density at radius 3 is 2.42 bits per heavy atom. The van der Waals surface area contributed by atoms with Crippen molar-refractivity contribution in [2.45, 2.75) is 56.8 Å². The van der Waals surface area contributed by atoms with Gasteiger partial charge in [0.1, 0.15) is 17.5 Å². The van der Waals surface area contributed by atoms with E-state index >= 15 is 0 Å². The van der Waals surface area contributed by atoms with E-state index in [-0.39, 0.29) is 36.0 Å². The normalized spacial score (nSPS) is 16.0. The van der Waals surface area contributed by atoms with Crippen LogP contribution in [-0.4, -0.2) is 35.3 Å². The molecule has 3 aromatic rings. The number of fused-ring (bicyclic) bond motifs is 1. The second-order valence-corrected chi connectivity index (χ2v) is 12.0. The zero-order valence-corrected chi connectivity index (χ0v) is 24.2. The molecule has 10 heteroatoms. The molecule has 0 spiro atoms. The number of halogens is 2. The third-order valence-electron chi connectivity index (χ3n) is 6.14. The second kappa shape index (κ2) is 12.3. The lowest BCUT2D eigenvalue weighted by molar-refractivity contribution is -0.120. The lowest BCUT2D eigenvalue weighted by atomic mass is 10.1. The number of amides is 3. The standard InChI is InChI=1S/C30H31ClFN3O4S/c1-18(20-7-12-23(32)13-8-20)33-27(36)21-9-14-26-25(15-21)35(16-19-5-10-22(31)11-6-19)28(37)24(17-40-26)34-29(38)39-30(2,3)4/h5-15,18,24H,16-17H2,1-4H3,(H,33,36)(H,34,38)/t18?,24-/m0/s1. The van der Waals surface area contributed by atoms with E-state index in [1.807, 2.05) is 19.1 Å². The molecule has 3 amide bonds. The Balaban J connectivity index is 1.62. The van der Waals surface area contributed by atoms with E-state index in [2.05, 4.69) is 10.6 Å². The quantitative estimate of drug-likeness (QED) is 0.346. The number of hydrogen-bond donors (Lipinski definition) is 2. The van der Waals surface area contributed by atoms with Crippen LogP contribution in [0.1, 0.15) is 55.2 Å². The van der Waals surface area contributed by atoms with Crippen molar-refractivity contribution in [3.8, 4) is 0 Å². The Morgan fingerprint density at radius 2 is 1.77 bits per heavy atom. The number of thioether (sulfide) groups is 1. The molecule has 0 aromatic heterocycles. The fraction of sp³-hybridized carbons (Fsp3) is 0.300. The van der Waals surface area contributed by atoms with Gasteiger partial charge in [0.25, 0.3) is 11.8 Å². The van der Waals surface area contributed by atoms with E-state index in [9.17, 15) is 18.8 Å². The van der Waals surface area contributed by atoms with E-state index in [1.54, 1.807) is 68.1 Å². The first kappa shape index (κ1) is 29.4.